The molecule has 0 aromatic heterocycles. The normalized spacial score (nSPS) is 13.5. The molecule has 0 aliphatic heterocycles. The molecule has 0 N–H and O–H groups in total. The molecular weight excluding hydrogens is 308 g/mol. The molecular formula is C22H36OSi. The first-order valence-corrected chi connectivity index (χ1v) is 11.6. The highest BCUT2D eigenvalue weighted by Gasteiger charge is 2.47. The summed E-state index contributed by atoms with van der Waals surface area (Å²) in [6.07, 6.45) is 8.81. The highest BCUT2D eigenvalue weighted by atomic mass is 28.4. The van der Waals surface area contributed by atoms with Crippen molar-refractivity contribution in [1.29, 1.82) is 0 Å². The van der Waals surface area contributed by atoms with Gasteiger partial charge in [-0.1, -0.05) is 91.3 Å². The van der Waals surface area contributed by atoms with Crippen LogP contribution in [0.2, 0.25) is 16.6 Å². The first-order chi connectivity index (χ1) is 11.3. The summed E-state index contributed by atoms with van der Waals surface area (Å²) in [7, 11) is -1.90. The molecule has 0 aliphatic carbocycles. The lowest BCUT2D eigenvalue weighted by Crippen LogP contribution is -2.47. The third kappa shape index (κ3) is 5.37. The van der Waals surface area contributed by atoms with Crippen LogP contribution in [0, 0.1) is 0 Å². The van der Waals surface area contributed by atoms with Crippen LogP contribution in [0.5, 0.6) is 0 Å². The van der Waals surface area contributed by atoms with Crippen LogP contribution < -0.4 is 0 Å². The Hall–Kier alpha value is -1.28. The maximum atomic E-state index is 6.86. The van der Waals surface area contributed by atoms with E-state index in [1.165, 1.54) is 5.56 Å². The molecule has 0 fully saturated rings. The summed E-state index contributed by atoms with van der Waals surface area (Å²) in [4.78, 5) is 0. The van der Waals surface area contributed by atoms with Crippen LogP contribution in [0.4, 0.5) is 0 Å². The predicted molar refractivity (Wildman–Crippen MR) is 111 cm³/mol. The van der Waals surface area contributed by atoms with Gasteiger partial charge in [-0.15, -0.1) is 0 Å². The summed E-state index contributed by atoms with van der Waals surface area (Å²) < 4.78 is 6.86. The largest absolute Gasteiger partial charge is 0.543 e. The zero-order valence-electron chi connectivity index (χ0n) is 16.7. The van der Waals surface area contributed by atoms with E-state index in [9.17, 15) is 0 Å². The van der Waals surface area contributed by atoms with Crippen molar-refractivity contribution in [2.24, 2.45) is 0 Å². The third-order valence-corrected chi connectivity index (χ3v) is 10.9. The lowest BCUT2D eigenvalue weighted by atomic mass is 10.2. The number of hydrogen-bond donors (Lipinski definition) is 0. The molecule has 0 heterocycles. The monoisotopic (exact) mass is 344 g/mol. The number of benzene rings is 1. The van der Waals surface area contributed by atoms with Crippen molar-refractivity contribution < 1.29 is 4.43 Å². The molecule has 0 radical (unpaired) electrons. The van der Waals surface area contributed by atoms with Crippen molar-refractivity contribution in [3.05, 3.63) is 53.8 Å². The van der Waals surface area contributed by atoms with E-state index in [4.69, 9.17) is 4.43 Å². The minimum absolute atomic E-state index is 0.590. The Labute approximate surface area is 151 Å². The molecule has 1 nitrogen and oxygen atoms in total. The van der Waals surface area contributed by atoms with Gasteiger partial charge in [-0.05, 0) is 40.8 Å². The summed E-state index contributed by atoms with van der Waals surface area (Å²) in [5, 5.41) is 0. The van der Waals surface area contributed by atoms with Crippen molar-refractivity contribution >= 4 is 14.4 Å². The van der Waals surface area contributed by atoms with Crippen LogP contribution in [0.1, 0.15) is 66.9 Å². The highest BCUT2D eigenvalue weighted by molar-refractivity contribution is 6.77. The molecule has 0 spiro atoms. The van der Waals surface area contributed by atoms with Crippen LogP contribution in [0.25, 0.3) is 6.08 Å². The van der Waals surface area contributed by atoms with Crippen molar-refractivity contribution in [3.8, 4) is 0 Å². The molecule has 0 bridgehead atoms. The second kappa shape index (κ2) is 9.88. The maximum absolute atomic E-state index is 6.86. The Bertz CT molecular complexity index is 504. The minimum atomic E-state index is -1.90. The second-order valence-electron chi connectivity index (χ2n) is 7.56. The van der Waals surface area contributed by atoms with Gasteiger partial charge in [-0.2, -0.15) is 0 Å². The first-order valence-electron chi connectivity index (χ1n) is 9.46. The van der Waals surface area contributed by atoms with Crippen LogP contribution in [0.15, 0.2) is 48.2 Å². The molecule has 0 aliphatic rings. The lowest BCUT2D eigenvalue weighted by Gasteiger charge is -2.42. The number of unbranched alkanes of at least 4 members (excludes halogenated alkanes) is 1. The zero-order chi connectivity index (χ0) is 18.2. The molecule has 0 saturated carbocycles. The van der Waals surface area contributed by atoms with E-state index in [1.54, 1.807) is 0 Å². The highest BCUT2D eigenvalue weighted by Crippen LogP contribution is 2.43. The van der Waals surface area contributed by atoms with Crippen LogP contribution in [-0.4, -0.2) is 8.32 Å². The first kappa shape index (κ1) is 20.8. The van der Waals surface area contributed by atoms with Gasteiger partial charge in [0, 0.05) is 0 Å². The number of allylic oxidation sites excluding steroid dienone is 2. The van der Waals surface area contributed by atoms with E-state index in [-0.39, 0.29) is 0 Å². The lowest BCUT2D eigenvalue weighted by molar-refractivity contribution is 0.385. The van der Waals surface area contributed by atoms with Gasteiger partial charge in [0.05, 0.1) is 5.76 Å². The van der Waals surface area contributed by atoms with Crippen LogP contribution >= 0.6 is 0 Å². The summed E-state index contributed by atoms with van der Waals surface area (Å²) in [5.74, 6) is 1.06. The Morgan fingerprint density at radius 1 is 0.958 bits per heavy atom. The Morgan fingerprint density at radius 2 is 1.50 bits per heavy atom. The van der Waals surface area contributed by atoms with E-state index in [0.717, 1.165) is 18.6 Å². The van der Waals surface area contributed by atoms with Gasteiger partial charge < -0.3 is 4.43 Å². The molecule has 1 rings (SSSR count). The summed E-state index contributed by atoms with van der Waals surface area (Å²) in [6, 6.07) is 10.5. The van der Waals surface area contributed by atoms with Gasteiger partial charge in [-0.25, -0.2) is 0 Å². The van der Waals surface area contributed by atoms with Gasteiger partial charge in [0.2, 0.25) is 0 Å². The van der Waals surface area contributed by atoms with E-state index in [1.807, 2.05) is 0 Å². The smallest absolute Gasteiger partial charge is 0.258 e. The van der Waals surface area contributed by atoms with Crippen molar-refractivity contribution in [2.75, 3.05) is 0 Å². The van der Waals surface area contributed by atoms with E-state index in [0.29, 0.717) is 16.6 Å². The van der Waals surface area contributed by atoms with E-state index >= 15 is 0 Å². The molecule has 134 valence electrons. The standard InChI is InChI=1S/C22H36OSi/c1-8-9-15-22(17-16-21-13-11-10-12-14-21)23-24(18(2)3,19(4)5)20(6)7/h10-20H,8-9H2,1-7H3/b17-16+,22-15+. The SMILES string of the molecule is CCC/C=C(\C=C\c1ccccc1)O[Si](C(C)C)(C(C)C)C(C)C. The number of hydrogen-bond acceptors (Lipinski definition) is 1. The molecule has 0 saturated heterocycles. The second-order valence-corrected chi connectivity index (χ2v) is 12.9. The van der Waals surface area contributed by atoms with Gasteiger partial charge >= 0.3 is 0 Å². The predicted octanol–water partition coefficient (Wildman–Crippen LogP) is 7.58. The Morgan fingerprint density at radius 3 is 1.96 bits per heavy atom. The molecule has 1 aromatic carbocycles. The summed E-state index contributed by atoms with van der Waals surface area (Å²) in [6.45, 7) is 16.2. The van der Waals surface area contributed by atoms with Gasteiger partial charge in [0.15, 0.2) is 0 Å². The minimum Gasteiger partial charge on any atom is -0.543 e. The fraction of sp³-hybridized carbons (Fsp3) is 0.545. The summed E-state index contributed by atoms with van der Waals surface area (Å²) in [5.41, 5.74) is 2.99. The molecule has 1 aromatic rings. The van der Waals surface area contributed by atoms with Gasteiger partial charge in [0.25, 0.3) is 8.32 Å². The van der Waals surface area contributed by atoms with Crippen molar-refractivity contribution in [1.82, 2.24) is 0 Å². The Kier molecular flexibility index (Phi) is 8.55. The van der Waals surface area contributed by atoms with Crippen LogP contribution in [0.3, 0.4) is 0 Å². The van der Waals surface area contributed by atoms with Gasteiger partial charge in [-0.3, -0.25) is 0 Å². The molecule has 2 heteroatoms. The summed E-state index contributed by atoms with van der Waals surface area (Å²) >= 11 is 0. The average Bonchev–Trinajstić information content (AvgIpc) is 2.54. The number of rotatable bonds is 9. The maximum Gasteiger partial charge on any atom is 0.258 e. The van der Waals surface area contributed by atoms with Crippen LogP contribution in [-0.2, 0) is 4.43 Å². The fourth-order valence-corrected chi connectivity index (χ4v) is 9.00. The quantitative estimate of drug-likeness (QED) is 0.255. The van der Waals surface area contributed by atoms with E-state index in [2.05, 4.69) is 97.0 Å². The van der Waals surface area contributed by atoms with Crippen molar-refractivity contribution in [3.63, 3.8) is 0 Å². The molecule has 24 heavy (non-hydrogen) atoms. The zero-order valence-corrected chi connectivity index (χ0v) is 17.7. The van der Waals surface area contributed by atoms with Crippen molar-refractivity contribution in [2.45, 2.75) is 77.9 Å². The van der Waals surface area contributed by atoms with Gasteiger partial charge in [0.1, 0.15) is 0 Å². The fourth-order valence-electron chi connectivity index (χ4n) is 3.73. The average molecular weight is 345 g/mol. The van der Waals surface area contributed by atoms with E-state index < -0.39 is 8.32 Å². The molecule has 0 atom stereocenters. The third-order valence-electron chi connectivity index (χ3n) is 4.88. The molecule has 0 amide bonds. The molecule has 0 unspecified atom stereocenters. The Balaban J connectivity index is 3.13. The topological polar surface area (TPSA) is 9.23 Å².